The predicted molar refractivity (Wildman–Crippen MR) is 77.4 cm³/mol. The Kier molecular flexibility index (Phi) is 6.88. The SMILES string of the molecule is COC(=O)NC(=O)[C@@H](C)OC(=O)CCOc1ccc(C)cc1. The molecule has 1 rings (SSSR count). The van der Waals surface area contributed by atoms with E-state index in [2.05, 4.69) is 4.74 Å². The number of hydrogen-bond acceptors (Lipinski definition) is 6. The van der Waals surface area contributed by atoms with Crippen LogP contribution in [0.1, 0.15) is 18.9 Å². The number of benzene rings is 1. The van der Waals surface area contributed by atoms with E-state index < -0.39 is 24.1 Å². The van der Waals surface area contributed by atoms with Crippen molar-refractivity contribution in [1.29, 1.82) is 0 Å². The lowest BCUT2D eigenvalue weighted by atomic mass is 10.2. The van der Waals surface area contributed by atoms with Crippen molar-refractivity contribution in [3.63, 3.8) is 0 Å². The normalized spacial score (nSPS) is 11.2. The first kappa shape index (κ1) is 17.5. The van der Waals surface area contributed by atoms with Crippen LogP contribution < -0.4 is 10.1 Å². The summed E-state index contributed by atoms with van der Waals surface area (Å²) in [5, 5.41) is 1.91. The minimum Gasteiger partial charge on any atom is -0.493 e. The highest BCUT2D eigenvalue weighted by Crippen LogP contribution is 2.11. The van der Waals surface area contributed by atoms with Gasteiger partial charge in [0, 0.05) is 0 Å². The highest BCUT2D eigenvalue weighted by Gasteiger charge is 2.20. The second-order valence-electron chi connectivity index (χ2n) is 4.52. The molecule has 1 aromatic rings. The van der Waals surface area contributed by atoms with E-state index in [1.165, 1.54) is 6.92 Å². The van der Waals surface area contributed by atoms with Gasteiger partial charge in [-0.25, -0.2) is 4.79 Å². The van der Waals surface area contributed by atoms with Crippen molar-refractivity contribution in [1.82, 2.24) is 5.32 Å². The maximum atomic E-state index is 11.6. The Hall–Kier alpha value is -2.57. The summed E-state index contributed by atoms with van der Waals surface area (Å²) in [6.45, 7) is 3.45. The summed E-state index contributed by atoms with van der Waals surface area (Å²) in [4.78, 5) is 33.9. The summed E-state index contributed by atoms with van der Waals surface area (Å²) in [5.74, 6) is -0.700. The molecule has 1 N–H and O–H groups in total. The van der Waals surface area contributed by atoms with Gasteiger partial charge in [-0.1, -0.05) is 17.7 Å². The largest absolute Gasteiger partial charge is 0.493 e. The fraction of sp³-hybridized carbons (Fsp3) is 0.400. The number of methoxy groups -OCH3 is 1. The Balaban J connectivity index is 2.29. The fourth-order valence-corrected chi connectivity index (χ4v) is 1.45. The van der Waals surface area contributed by atoms with E-state index in [1.807, 2.05) is 24.4 Å². The molecule has 0 radical (unpaired) electrons. The third-order valence-electron chi connectivity index (χ3n) is 2.68. The van der Waals surface area contributed by atoms with Crippen molar-refractivity contribution < 1.29 is 28.6 Å². The number of imide groups is 1. The average molecular weight is 309 g/mol. The maximum Gasteiger partial charge on any atom is 0.413 e. The summed E-state index contributed by atoms with van der Waals surface area (Å²) in [7, 11) is 1.13. The Morgan fingerprint density at radius 2 is 1.82 bits per heavy atom. The highest BCUT2D eigenvalue weighted by atomic mass is 16.6. The van der Waals surface area contributed by atoms with Gasteiger partial charge in [-0.2, -0.15) is 0 Å². The number of amides is 2. The molecule has 0 aromatic heterocycles. The van der Waals surface area contributed by atoms with E-state index in [9.17, 15) is 14.4 Å². The minimum atomic E-state index is -1.09. The van der Waals surface area contributed by atoms with Crippen LogP contribution in [-0.2, 0) is 19.1 Å². The van der Waals surface area contributed by atoms with Crippen LogP contribution in [0.3, 0.4) is 0 Å². The zero-order chi connectivity index (χ0) is 16.5. The smallest absolute Gasteiger partial charge is 0.413 e. The van der Waals surface area contributed by atoms with Gasteiger partial charge in [0.15, 0.2) is 6.10 Å². The number of aryl methyl sites for hydroxylation is 1. The van der Waals surface area contributed by atoms with Gasteiger partial charge in [-0.05, 0) is 26.0 Å². The number of carbonyl (C=O) groups excluding carboxylic acids is 3. The lowest BCUT2D eigenvalue weighted by Crippen LogP contribution is -2.39. The standard InChI is InChI=1S/C15H19NO6/c1-10-4-6-12(7-5-10)21-9-8-13(17)22-11(2)14(18)16-15(19)20-3/h4-7,11H,8-9H2,1-3H3,(H,16,18,19)/t11-/m1/s1. The molecule has 0 bridgehead atoms. The van der Waals surface area contributed by atoms with Crippen molar-refractivity contribution >= 4 is 18.0 Å². The molecule has 0 fully saturated rings. The minimum absolute atomic E-state index is 0.0102. The molecule has 0 aliphatic rings. The molecule has 7 heteroatoms. The molecule has 1 aromatic carbocycles. The van der Waals surface area contributed by atoms with Gasteiger partial charge in [0.2, 0.25) is 0 Å². The first-order chi connectivity index (χ1) is 10.4. The van der Waals surface area contributed by atoms with Crippen LogP contribution in [0.2, 0.25) is 0 Å². The van der Waals surface area contributed by atoms with Crippen LogP contribution in [0, 0.1) is 6.92 Å². The van der Waals surface area contributed by atoms with Crippen molar-refractivity contribution in [3.8, 4) is 5.75 Å². The molecular formula is C15H19NO6. The number of rotatable bonds is 6. The van der Waals surface area contributed by atoms with Crippen LogP contribution in [0.4, 0.5) is 4.79 Å². The molecule has 0 spiro atoms. The van der Waals surface area contributed by atoms with Crippen LogP contribution in [0.15, 0.2) is 24.3 Å². The summed E-state index contributed by atoms with van der Waals surface area (Å²) in [6.07, 6.45) is -2.01. The number of alkyl carbamates (subject to hydrolysis) is 1. The van der Waals surface area contributed by atoms with E-state index in [0.29, 0.717) is 5.75 Å². The predicted octanol–water partition coefficient (Wildman–Crippen LogP) is 1.58. The molecule has 22 heavy (non-hydrogen) atoms. The van der Waals surface area contributed by atoms with Crippen molar-refractivity contribution in [2.45, 2.75) is 26.4 Å². The Morgan fingerprint density at radius 3 is 2.41 bits per heavy atom. The lowest BCUT2D eigenvalue weighted by Gasteiger charge is -2.12. The number of esters is 1. The first-order valence-corrected chi connectivity index (χ1v) is 6.70. The van der Waals surface area contributed by atoms with Gasteiger partial charge in [0.25, 0.3) is 5.91 Å². The molecule has 0 unspecified atom stereocenters. The Morgan fingerprint density at radius 1 is 1.18 bits per heavy atom. The number of carbonyl (C=O) groups is 3. The van der Waals surface area contributed by atoms with E-state index >= 15 is 0 Å². The molecule has 0 saturated carbocycles. The van der Waals surface area contributed by atoms with Crippen molar-refractivity contribution in [2.75, 3.05) is 13.7 Å². The van der Waals surface area contributed by atoms with Crippen LogP contribution in [0.25, 0.3) is 0 Å². The summed E-state index contributed by atoms with van der Waals surface area (Å²) in [6, 6.07) is 7.39. The number of nitrogens with one attached hydrogen (secondary N) is 1. The molecule has 0 saturated heterocycles. The Labute approximate surface area is 128 Å². The summed E-state index contributed by atoms with van der Waals surface area (Å²) in [5.41, 5.74) is 1.11. The van der Waals surface area contributed by atoms with Crippen molar-refractivity contribution in [2.24, 2.45) is 0 Å². The number of hydrogen-bond donors (Lipinski definition) is 1. The van der Waals surface area contributed by atoms with Crippen molar-refractivity contribution in [3.05, 3.63) is 29.8 Å². The van der Waals surface area contributed by atoms with E-state index in [4.69, 9.17) is 9.47 Å². The van der Waals surface area contributed by atoms with Gasteiger partial charge in [0.1, 0.15) is 5.75 Å². The van der Waals surface area contributed by atoms with E-state index in [0.717, 1.165) is 12.7 Å². The van der Waals surface area contributed by atoms with Gasteiger partial charge < -0.3 is 14.2 Å². The van der Waals surface area contributed by atoms with E-state index in [1.54, 1.807) is 12.1 Å². The second-order valence-corrected chi connectivity index (χ2v) is 4.52. The fourth-order valence-electron chi connectivity index (χ4n) is 1.45. The Bertz CT molecular complexity index is 525. The molecule has 120 valence electrons. The van der Waals surface area contributed by atoms with E-state index in [-0.39, 0.29) is 13.0 Å². The molecule has 2 amide bonds. The zero-order valence-electron chi connectivity index (χ0n) is 12.8. The first-order valence-electron chi connectivity index (χ1n) is 6.70. The lowest BCUT2D eigenvalue weighted by molar-refractivity contribution is -0.155. The van der Waals surface area contributed by atoms with Gasteiger partial charge in [-0.3, -0.25) is 14.9 Å². The second kappa shape index (κ2) is 8.66. The van der Waals surface area contributed by atoms with Gasteiger partial charge >= 0.3 is 12.1 Å². The van der Waals surface area contributed by atoms with Crippen LogP contribution in [0.5, 0.6) is 5.75 Å². The monoisotopic (exact) mass is 309 g/mol. The topological polar surface area (TPSA) is 90.9 Å². The highest BCUT2D eigenvalue weighted by molar-refractivity contribution is 5.94. The van der Waals surface area contributed by atoms with Crippen LogP contribution >= 0.6 is 0 Å². The quantitative estimate of drug-likeness (QED) is 0.802. The maximum absolute atomic E-state index is 11.6. The summed E-state index contributed by atoms with van der Waals surface area (Å²) >= 11 is 0. The molecular weight excluding hydrogens is 290 g/mol. The average Bonchev–Trinajstić information content (AvgIpc) is 2.49. The van der Waals surface area contributed by atoms with Gasteiger partial charge in [0.05, 0.1) is 20.1 Å². The number of ether oxygens (including phenoxy) is 3. The van der Waals surface area contributed by atoms with Crippen LogP contribution in [-0.4, -0.2) is 37.8 Å². The third-order valence-corrected chi connectivity index (χ3v) is 2.68. The summed E-state index contributed by atoms with van der Waals surface area (Å²) < 4.78 is 14.5. The third kappa shape index (κ3) is 6.25. The zero-order valence-corrected chi connectivity index (χ0v) is 12.8. The molecule has 0 aliphatic carbocycles. The molecule has 7 nitrogen and oxygen atoms in total. The molecule has 0 heterocycles. The molecule has 1 atom stereocenters. The van der Waals surface area contributed by atoms with Gasteiger partial charge in [-0.15, -0.1) is 0 Å². The molecule has 0 aliphatic heterocycles.